The number of benzene rings is 2. The van der Waals surface area contributed by atoms with Crippen molar-refractivity contribution in [1.29, 1.82) is 5.41 Å². The van der Waals surface area contributed by atoms with E-state index in [1.807, 2.05) is 26.1 Å². The minimum Gasteiger partial charge on any atom is -0.447 e. The minimum atomic E-state index is -4.74. The Balaban J connectivity index is 1.55. The van der Waals surface area contributed by atoms with Crippen LogP contribution < -0.4 is 10.6 Å². The van der Waals surface area contributed by atoms with E-state index >= 15 is 4.39 Å². The summed E-state index contributed by atoms with van der Waals surface area (Å²) in [4.78, 5) is 32.1. The number of ether oxygens (including phenoxy) is 1. The van der Waals surface area contributed by atoms with Crippen LogP contribution in [0.1, 0.15) is 68.5 Å². The van der Waals surface area contributed by atoms with Gasteiger partial charge in [-0.15, -0.1) is 0 Å². The Kier molecular flexibility index (Phi) is 10.9. The molecule has 2 aromatic heterocycles. The topological polar surface area (TPSA) is 154 Å². The number of aromatic amines is 1. The molecule has 5 rings (SSSR count). The lowest BCUT2D eigenvalue weighted by atomic mass is 9.92. The lowest BCUT2D eigenvalue weighted by Crippen LogP contribution is -2.50. The zero-order valence-electron chi connectivity index (χ0n) is 28.0. The monoisotopic (exact) mass is 753 g/mol. The number of hydrogen-bond donors (Lipinski definition) is 4. The number of alkyl halides is 5. The molecule has 52 heavy (non-hydrogen) atoms. The second-order valence-corrected chi connectivity index (χ2v) is 13.7. The van der Waals surface area contributed by atoms with Gasteiger partial charge in [-0.2, -0.15) is 32.1 Å². The highest BCUT2D eigenvalue weighted by molar-refractivity contribution is 6.33. The Bertz CT molecular complexity index is 1920. The number of alkyl carbamates (subject to hydrolysis) is 1. The van der Waals surface area contributed by atoms with Crippen LogP contribution >= 0.6 is 11.6 Å². The Morgan fingerprint density at radius 1 is 1.13 bits per heavy atom. The molecule has 1 aliphatic carbocycles. The van der Waals surface area contributed by atoms with Gasteiger partial charge < -0.3 is 15.4 Å². The summed E-state index contributed by atoms with van der Waals surface area (Å²) < 4.78 is 88.5. The van der Waals surface area contributed by atoms with Gasteiger partial charge in [-0.3, -0.25) is 20.2 Å². The van der Waals surface area contributed by atoms with Gasteiger partial charge in [0.25, 0.3) is 5.91 Å². The number of aromatic nitrogens is 5. The largest absolute Gasteiger partial charge is 0.447 e. The average molecular weight is 754 g/mol. The Morgan fingerprint density at radius 2 is 1.87 bits per heavy atom. The number of nitrogens with zero attached hydrogens (tertiary/aromatic N) is 5. The molecule has 0 spiro atoms. The van der Waals surface area contributed by atoms with E-state index in [-0.39, 0.29) is 57.9 Å². The first-order valence-electron chi connectivity index (χ1n) is 15.8. The van der Waals surface area contributed by atoms with Crippen LogP contribution in [0, 0.1) is 16.6 Å². The van der Waals surface area contributed by atoms with Crippen LogP contribution in [0.5, 0.6) is 0 Å². The van der Waals surface area contributed by atoms with Crippen molar-refractivity contribution in [2.24, 2.45) is 5.41 Å². The first-order valence-corrected chi connectivity index (χ1v) is 16.2. The molecule has 2 amide bonds. The van der Waals surface area contributed by atoms with Crippen molar-refractivity contribution in [2.75, 3.05) is 13.2 Å². The Labute approximate surface area is 298 Å². The second-order valence-electron chi connectivity index (χ2n) is 13.3. The zero-order chi connectivity index (χ0) is 38.0. The molecular formula is C33H34ClF6N9O3. The molecule has 0 saturated heterocycles. The van der Waals surface area contributed by atoms with Crippen molar-refractivity contribution in [3.05, 3.63) is 77.1 Å². The molecule has 2 heterocycles. The van der Waals surface area contributed by atoms with Crippen molar-refractivity contribution in [3.63, 3.8) is 0 Å². The molecule has 0 unspecified atom stereocenters. The molecule has 19 heteroatoms. The number of amides is 2. The first kappa shape index (κ1) is 38.1. The van der Waals surface area contributed by atoms with E-state index < -0.39 is 60.3 Å². The molecule has 1 saturated carbocycles. The molecule has 12 nitrogen and oxygen atoms in total. The van der Waals surface area contributed by atoms with Crippen LogP contribution in [0.2, 0.25) is 5.02 Å². The third-order valence-corrected chi connectivity index (χ3v) is 8.65. The highest BCUT2D eigenvalue weighted by Crippen LogP contribution is 2.49. The van der Waals surface area contributed by atoms with E-state index in [1.54, 1.807) is 0 Å². The van der Waals surface area contributed by atoms with Crippen LogP contribution in [0.25, 0.3) is 22.5 Å². The summed E-state index contributed by atoms with van der Waals surface area (Å²) in [6.45, 7) is 2.29. The lowest BCUT2D eigenvalue weighted by molar-refractivity contribution is -0.164. The number of carbonyl (C=O) groups is 2. The van der Waals surface area contributed by atoms with E-state index in [9.17, 15) is 31.5 Å². The van der Waals surface area contributed by atoms with Crippen molar-refractivity contribution in [1.82, 2.24) is 40.5 Å². The van der Waals surface area contributed by atoms with Crippen molar-refractivity contribution in [2.45, 2.75) is 64.3 Å². The molecule has 1 atom stereocenters. The maximum absolute atomic E-state index is 15.8. The highest BCUT2D eigenvalue weighted by atomic mass is 35.5. The Morgan fingerprint density at radius 3 is 2.44 bits per heavy atom. The molecule has 0 aliphatic heterocycles. The van der Waals surface area contributed by atoms with Crippen LogP contribution in [-0.2, 0) is 4.74 Å². The summed E-state index contributed by atoms with van der Waals surface area (Å²) in [5, 5.41) is 23.9. The average Bonchev–Trinajstić information content (AvgIpc) is 3.43. The summed E-state index contributed by atoms with van der Waals surface area (Å²) in [5.74, 6) is -2.52. The van der Waals surface area contributed by atoms with Gasteiger partial charge in [-0.25, -0.2) is 18.9 Å². The maximum Gasteiger partial charge on any atom is 0.411 e. The fourth-order valence-corrected chi connectivity index (χ4v) is 5.42. The Hall–Kier alpha value is -5.13. The minimum absolute atomic E-state index is 0.121. The van der Waals surface area contributed by atoms with E-state index in [0.717, 1.165) is 29.4 Å². The summed E-state index contributed by atoms with van der Waals surface area (Å²) in [6, 6.07) is 6.20. The van der Waals surface area contributed by atoms with Gasteiger partial charge in [-0.05, 0) is 60.1 Å². The number of nitrogens with one attached hydrogen (secondary N) is 4. The number of guanidine groups is 1. The summed E-state index contributed by atoms with van der Waals surface area (Å²) in [7, 11) is 0. The first-order chi connectivity index (χ1) is 24.4. The van der Waals surface area contributed by atoms with Gasteiger partial charge in [0.1, 0.15) is 24.3 Å². The molecule has 1 aliphatic rings. The quantitative estimate of drug-likeness (QED) is 0.0703. The SMILES string of the molecule is CC(C)(C)CCNC(=N)N(C(=O)c1ccc(-c2cnn(C(F)F)c2)cc1F)[C@H](COC(=O)NC1(C(F)(F)F)CC1)c1ccc(Cl)c(-c2ncn[nH]2)c1. The van der Waals surface area contributed by atoms with E-state index in [1.165, 1.54) is 30.6 Å². The fraction of sp³-hybridized carbons (Fsp3) is 0.394. The third kappa shape index (κ3) is 8.66. The van der Waals surface area contributed by atoms with Gasteiger partial charge >= 0.3 is 18.8 Å². The van der Waals surface area contributed by atoms with E-state index in [2.05, 4.69) is 25.6 Å². The molecule has 0 radical (unpaired) electrons. The van der Waals surface area contributed by atoms with Crippen LogP contribution in [0.4, 0.5) is 31.1 Å². The normalized spacial score (nSPS) is 14.5. The van der Waals surface area contributed by atoms with Gasteiger partial charge in [0.05, 0.1) is 22.8 Å². The van der Waals surface area contributed by atoms with Crippen LogP contribution in [-0.4, -0.2) is 72.7 Å². The number of halogens is 7. The third-order valence-electron chi connectivity index (χ3n) is 8.32. The molecule has 278 valence electrons. The van der Waals surface area contributed by atoms with Crippen LogP contribution in [0.3, 0.4) is 0 Å². The standard InChI is InChI=1S/C33H34ClF6N9O3/c1-31(2,3)10-11-42-29(41)49(27(50)21-6-4-18(13-24(21)35)20-14-45-48(15-20)28(36)37)25(16-52-30(51)46-32(8-9-32)33(38,39)40)19-5-7-23(34)22(12-19)26-43-17-44-47-26/h4-7,12-15,17,25,28H,8-11,16H2,1-3H3,(H2,41,42)(H,46,51)(H,43,44,47)/t25-/m1/s1. The zero-order valence-corrected chi connectivity index (χ0v) is 28.7. The van der Waals surface area contributed by atoms with E-state index in [0.29, 0.717) is 11.1 Å². The fourth-order valence-electron chi connectivity index (χ4n) is 5.21. The predicted octanol–water partition coefficient (Wildman–Crippen LogP) is 7.49. The maximum atomic E-state index is 15.8. The summed E-state index contributed by atoms with van der Waals surface area (Å²) >= 11 is 6.44. The molecule has 4 N–H and O–H groups in total. The van der Waals surface area contributed by atoms with E-state index in [4.69, 9.17) is 21.7 Å². The highest BCUT2D eigenvalue weighted by Gasteiger charge is 2.64. The summed E-state index contributed by atoms with van der Waals surface area (Å²) in [6.07, 6.45) is -3.04. The molecule has 1 fully saturated rings. The van der Waals surface area contributed by atoms with Gasteiger partial charge in [-0.1, -0.05) is 44.5 Å². The molecule has 2 aromatic carbocycles. The van der Waals surface area contributed by atoms with Crippen molar-refractivity contribution < 1.29 is 40.7 Å². The molecular weight excluding hydrogens is 720 g/mol. The molecule has 0 bridgehead atoms. The number of carbonyl (C=O) groups excluding carboxylic acids is 2. The number of H-pyrrole nitrogens is 1. The van der Waals surface area contributed by atoms with Crippen molar-refractivity contribution in [3.8, 4) is 22.5 Å². The van der Waals surface area contributed by atoms with Gasteiger partial charge in [0, 0.05) is 23.9 Å². The van der Waals surface area contributed by atoms with Gasteiger partial charge in [0.15, 0.2) is 11.8 Å². The van der Waals surface area contributed by atoms with Gasteiger partial charge in [0.2, 0.25) is 0 Å². The summed E-state index contributed by atoms with van der Waals surface area (Å²) in [5.41, 5.74) is -2.50. The van der Waals surface area contributed by atoms with Crippen LogP contribution in [0.15, 0.2) is 55.1 Å². The predicted molar refractivity (Wildman–Crippen MR) is 177 cm³/mol. The smallest absolute Gasteiger partial charge is 0.411 e. The number of rotatable bonds is 11. The molecule has 4 aromatic rings. The lowest BCUT2D eigenvalue weighted by Gasteiger charge is -2.33. The van der Waals surface area contributed by atoms with Crippen molar-refractivity contribution >= 4 is 29.6 Å². The second kappa shape index (κ2) is 14.8. The number of hydrogen-bond acceptors (Lipinski definition) is 7.